The number of anilines is 1. The predicted octanol–water partition coefficient (Wildman–Crippen LogP) is -0.499. The average molecular weight is 361 g/mol. The smallest absolute Gasteiger partial charge is 0.313 e. The molecule has 0 aliphatic heterocycles. The zero-order valence-electron chi connectivity index (χ0n) is 10.1. The van der Waals surface area contributed by atoms with Gasteiger partial charge in [-0.3, -0.25) is 9.52 Å². The molecule has 9 nitrogen and oxygen atoms in total. The van der Waals surface area contributed by atoms with E-state index in [4.69, 9.17) is 5.11 Å². The van der Waals surface area contributed by atoms with E-state index in [0.717, 1.165) is 29.4 Å². The molecule has 0 aromatic carbocycles. The number of hydrogen-bond donors (Lipinski definition) is 2. The third-order valence-electron chi connectivity index (χ3n) is 1.69. The normalized spacial score (nSPS) is 12.2. The first-order valence-electron chi connectivity index (χ1n) is 4.94. The van der Waals surface area contributed by atoms with Crippen LogP contribution < -0.4 is 4.72 Å². The number of sulfonamides is 1. The standard InChI is InChI=1S/C7H11N3O6S4/c1-19(13,14)2-3-20(15,16)10-6-8-9-7(18-6)17-4-5(11)12/h2-4H2,1H3,(H,8,10)(H,11,12). The number of thioether (sulfide) groups is 1. The maximum Gasteiger partial charge on any atom is 0.313 e. The van der Waals surface area contributed by atoms with Crippen molar-refractivity contribution in [2.75, 3.05) is 28.2 Å². The molecule has 0 spiro atoms. The van der Waals surface area contributed by atoms with Gasteiger partial charge in [-0.15, -0.1) is 10.2 Å². The van der Waals surface area contributed by atoms with E-state index in [0.29, 0.717) is 4.34 Å². The number of aliphatic carboxylic acids is 1. The summed E-state index contributed by atoms with van der Waals surface area (Å²) in [5.74, 6) is -2.32. The summed E-state index contributed by atoms with van der Waals surface area (Å²) >= 11 is 1.78. The summed E-state index contributed by atoms with van der Waals surface area (Å²) in [6, 6.07) is 0. The minimum atomic E-state index is -3.83. The molecule has 0 saturated carbocycles. The quantitative estimate of drug-likeness (QED) is 0.585. The molecule has 1 aromatic rings. The molecule has 0 amide bonds. The van der Waals surface area contributed by atoms with Gasteiger partial charge in [0.1, 0.15) is 9.84 Å². The van der Waals surface area contributed by atoms with Gasteiger partial charge in [-0.25, -0.2) is 16.8 Å². The van der Waals surface area contributed by atoms with Crippen molar-refractivity contribution in [3.8, 4) is 0 Å². The van der Waals surface area contributed by atoms with E-state index in [9.17, 15) is 21.6 Å². The van der Waals surface area contributed by atoms with E-state index in [1.54, 1.807) is 0 Å². The molecule has 0 bridgehead atoms. The van der Waals surface area contributed by atoms with Crippen LogP contribution in [-0.4, -0.2) is 61.6 Å². The fourth-order valence-corrected chi connectivity index (χ4v) is 5.25. The van der Waals surface area contributed by atoms with Crippen molar-refractivity contribution >= 4 is 54.1 Å². The van der Waals surface area contributed by atoms with Gasteiger partial charge in [-0.05, 0) is 0 Å². The lowest BCUT2D eigenvalue weighted by Gasteiger charge is -2.02. The first kappa shape index (κ1) is 17.1. The van der Waals surface area contributed by atoms with Crippen LogP contribution in [0.3, 0.4) is 0 Å². The fraction of sp³-hybridized carbons (Fsp3) is 0.571. The van der Waals surface area contributed by atoms with Gasteiger partial charge in [0, 0.05) is 6.26 Å². The number of aromatic nitrogens is 2. The van der Waals surface area contributed by atoms with E-state index >= 15 is 0 Å². The van der Waals surface area contributed by atoms with Crippen molar-refractivity contribution in [3.63, 3.8) is 0 Å². The largest absolute Gasteiger partial charge is 0.481 e. The van der Waals surface area contributed by atoms with Crippen molar-refractivity contribution in [2.24, 2.45) is 0 Å². The lowest BCUT2D eigenvalue weighted by molar-refractivity contribution is -0.133. The van der Waals surface area contributed by atoms with Gasteiger partial charge >= 0.3 is 5.97 Å². The first-order chi connectivity index (χ1) is 9.07. The summed E-state index contributed by atoms with van der Waals surface area (Å²) in [4.78, 5) is 10.4. The topological polar surface area (TPSA) is 143 Å². The maximum atomic E-state index is 11.6. The summed E-state index contributed by atoms with van der Waals surface area (Å²) in [5.41, 5.74) is 0. The molecular weight excluding hydrogens is 350 g/mol. The lowest BCUT2D eigenvalue weighted by atomic mass is 10.8. The molecule has 0 unspecified atom stereocenters. The molecule has 0 aliphatic carbocycles. The van der Waals surface area contributed by atoms with Crippen molar-refractivity contribution in [3.05, 3.63) is 0 Å². The van der Waals surface area contributed by atoms with E-state index < -0.39 is 37.3 Å². The summed E-state index contributed by atoms with van der Waals surface area (Å²) in [7, 11) is -7.22. The first-order valence-corrected chi connectivity index (χ1v) is 10.5. The second-order valence-corrected chi connectivity index (χ2v) is 9.91. The monoisotopic (exact) mass is 361 g/mol. The number of carboxylic acid groups (broad SMARTS) is 1. The number of carboxylic acids is 1. The lowest BCUT2D eigenvalue weighted by Crippen LogP contribution is -2.22. The molecule has 1 rings (SSSR count). The molecule has 13 heteroatoms. The van der Waals surface area contributed by atoms with Crippen LogP contribution in [0.4, 0.5) is 5.13 Å². The van der Waals surface area contributed by atoms with Gasteiger partial charge in [-0.1, -0.05) is 23.1 Å². The van der Waals surface area contributed by atoms with Crippen LogP contribution >= 0.6 is 23.1 Å². The number of rotatable bonds is 8. The van der Waals surface area contributed by atoms with E-state index in [-0.39, 0.29) is 10.9 Å². The maximum absolute atomic E-state index is 11.6. The van der Waals surface area contributed by atoms with Gasteiger partial charge in [0.05, 0.1) is 17.3 Å². The van der Waals surface area contributed by atoms with Crippen molar-refractivity contribution in [1.29, 1.82) is 0 Å². The molecule has 0 aliphatic rings. The predicted molar refractivity (Wildman–Crippen MR) is 75.4 cm³/mol. The second kappa shape index (κ2) is 6.69. The Morgan fingerprint density at radius 2 is 1.95 bits per heavy atom. The summed E-state index contributed by atoms with van der Waals surface area (Å²) in [5, 5.41) is 15.6. The molecule has 2 N–H and O–H groups in total. The van der Waals surface area contributed by atoms with Crippen molar-refractivity contribution in [2.45, 2.75) is 4.34 Å². The number of nitrogens with zero attached hydrogens (tertiary/aromatic N) is 2. The molecular formula is C7H11N3O6S4. The summed E-state index contributed by atoms with van der Waals surface area (Å²) in [6.07, 6.45) is 0.939. The fourth-order valence-electron chi connectivity index (χ4n) is 0.878. The molecule has 114 valence electrons. The number of sulfone groups is 1. The number of carbonyl (C=O) groups is 1. The highest BCUT2D eigenvalue weighted by Gasteiger charge is 2.17. The molecule has 0 radical (unpaired) electrons. The second-order valence-electron chi connectivity index (χ2n) is 3.61. The summed E-state index contributed by atoms with van der Waals surface area (Å²) < 4.78 is 47.4. The van der Waals surface area contributed by atoms with Gasteiger partial charge in [0.25, 0.3) is 0 Å². The summed E-state index contributed by atoms with van der Waals surface area (Å²) in [6.45, 7) is 0. The van der Waals surface area contributed by atoms with Crippen LogP contribution in [0.1, 0.15) is 0 Å². The van der Waals surface area contributed by atoms with Crippen molar-refractivity contribution in [1.82, 2.24) is 10.2 Å². The van der Waals surface area contributed by atoms with Crippen LogP contribution in [-0.2, 0) is 24.7 Å². The molecule has 1 heterocycles. The van der Waals surface area contributed by atoms with E-state index in [1.807, 2.05) is 0 Å². The minimum absolute atomic E-state index is 0.0358. The number of hydrogen-bond acceptors (Lipinski definition) is 9. The van der Waals surface area contributed by atoms with Crippen LogP contribution in [0.2, 0.25) is 0 Å². The molecule has 0 atom stereocenters. The van der Waals surface area contributed by atoms with Crippen LogP contribution in [0, 0.1) is 0 Å². The Kier molecular flexibility index (Phi) is 5.73. The molecule has 0 fully saturated rings. The zero-order valence-corrected chi connectivity index (χ0v) is 13.4. The van der Waals surface area contributed by atoms with E-state index in [1.165, 1.54) is 0 Å². The third-order valence-corrected chi connectivity index (χ3v) is 6.23. The van der Waals surface area contributed by atoms with E-state index in [2.05, 4.69) is 14.9 Å². The SMILES string of the molecule is CS(=O)(=O)CCS(=O)(=O)Nc1nnc(SCC(=O)O)s1. The van der Waals surface area contributed by atoms with Crippen molar-refractivity contribution < 1.29 is 26.7 Å². The third kappa shape index (κ3) is 7.02. The Hall–Kier alpha value is -0.920. The van der Waals surface area contributed by atoms with Gasteiger partial charge in [0.2, 0.25) is 15.2 Å². The highest BCUT2D eigenvalue weighted by atomic mass is 32.2. The van der Waals surface area contributed by atoms with Gasteiger partial charge < -0.3 is 5.11 Å². The zero-order chi connectivity index (χ0) is 15.4. The Labute approximate surface area is 123 Å². The number of nitrogens with one attached hydrogen (secondary N) is 1. The van der Waals surface area contributed by atoms with Gasteiger partial charge in [0.15, 0.2) is 4.34 Å². The van der Waals surface area contributed by atoms with Crippen LogP contribution in [0.25, 0.3) is 0 Å². The molecule has 0 saturated heterocycles. The Bertz CT molecular complexity index is 679. The highest BCUT2D eigenvalue weighted by molar-refractivity contribution is 8.01. The highest BCUT2D eigenvalue weighted by Crippen LogP contribution is 2.25. The van der Waals surface area contributed by atoms with Crippen LogP contribution in [0.15, 0.2) is 4.34 Å². The Morgan fingerprint density at radius 3 is 2.50 bits per heavy atom. The van der Waals surface area contributed by atoms with Crippen LogP contribution in [0.5, 0.6) is 0 Å². The Balaban J connectivity index is 2.62. The minimum Gasteiger partial charge on any atom is -0.481 e. The van der Waals surface area contributed by atoms with Gasteiger partial charge in [-0.2, -0.15) is 0 Å². The average Bonchev–Trinajstić information content (AvgIpc) is 2.70. The molecule has 1 aromatic heterocycles. The molecule has 20 heavy (non-hydrogen) atoms. The Morgan fingerprint density at radius 1 is 1.30 bits per heavy atom.